The van der Waals surface area contributed by atoms with Crippen molar-refractivity contribution in [3.63, 3.8) is 0 Å². The van der Waals surface area contributed by atoms with Gasteiger partial charge in [-0.2, -0.15) is 10.2 Å². The van der Waals surface area contributed by atoms with E-state index < -0.39 is 0 Å². The number of anilines is 5. The highest BCUT2D eigenvalue weighted by atomic mass is 79.9. The number of fused-ring (bicyclic) bond motifs is 3. The molecule has 0 bridgehead atoms. The highest BCUT2D eigenvalue weighted by molar-refractivity contribution is 9.11. The molecule has 18 nitrogen and oxygen atoms in total. The smallest absolute Gasteiger partial charge is 0.276 e. The molecular formula is C48H54Br2N14O4. The first kappa shape index (κ1) is 48.9. The second-order valence-corrected chi connectivity index (χ2v) is 19.1. The van der Waals surface area contributed by atoms with Crippen LogP contribution < -0.4 is 37.9 Å². The second-order valence-electron chi connectivity index (χ2n) is 17.3. The molecule has 0 unspecified atom stereocenters. The Balaban J connectivity index is 0.000000178. The van der Waals surface area contributed by atoms with Gasteiger partial charge in [-0.3, -0.25) is 39.3 Å². The van der Waals surface area contributed by atoms with Crippen LogP contribution in [0.15, 0.2) is 120 Å². The van der Waals surface area contributed by atoms with Crippen LogP contribution in [0.2, 0.25) is 0 Å². The average Bonchev–Trinajstić information content (AvgIpc) is 4.17. The minimum Gasteiger partial charge on any atom is -0.384 e. The molecule has 6 N–H and O–H groups in total. The molecule has 7 aromatic heterocycles. The zero-order chi connectivity index (χ0) is 48.9. The third kappa shape index (κ3) is 11.2. The fourth-order valence-electron chi connectivity index (χ4n) is 8.32. The van der Waals surface area contributed by atoms with E-state index in [-0.39, 0.29) is 28.0 Å². The normalized spacial score (nSPS) is 14.1. The number of nitrogens with zero attached hydrogens (tertiary/aromatic N) is 9. The summed E-state index contributed by atoms with van der Waals surface area (Å²) < 4.78 is 8.31. The summed E-state index contributed by atoms with van der Waals surface area (Å²) in [5, 5.41) is 19.4. The minimum atomic E-state index is -0.145. The molecule has 1 aliphatic carbocycles. The summed E-state index contributed by atoms with van der Waals surface area (Å²) in [6.07, 6.45) is 16.8. The summed E-state index contributed by atoms with van der Waals surface area (Å²) in [6.45, 7) is 10.7. The molecule has 0 atom stereocenters. The molecule has 20 heteroatoms. The van der Waals surface area contributed by atoms with Gasteiger partial charge in [0.2, 0.25) is 0 Å². The van der Waals surface area contributed by atoms with Crippen LogP contribution >= 0.6 is 31.9 Å². The van der Waals surface area contributed by atoms with Crippen molar-refractivity contribution in [2.45, 2.75) is 53.5 Å². The number of rotatable bonds is 7. The highest BCUT2D eigenvalue weighted by Gasteiger charge is 2.37. The lowest BCUT2D eigenvalue weighted by Crippen LogP contribution is -2.41. The number of nitrogens with two attached hydrogens (primary N) is 1. The van der Waals surface area contributed by atoms with E-state index >= 15 is 0 Å². The van der Waals surface area contributed by atoms with Gasteiger partial charge in [-0.15, -0.1) is 0 Å². The van der Waals surface area contributed by atoms with Crippen molar-refractivity contribution < 1.29 is 4.79 Å². The summed E-state index contributed by atoms with van der Waals surface area (Å²) in [6, 6.07) is 13.0. The van der Waals surface area contributed by atoms with Crippen molar-refractivity contribution in [3.05, 3.63) is 160 Å². The molecule has 0 aromatic carbocycles. The number of H-pyrrole nitrogens is 2. The lowest BCUT2D eigenvalue weighted by atomic mass is 9.90. The average molecular weight is 1050 g/mol. The number of aliphatic imine (C=N–C) groups is 1. The standard InChI is InChI=1S/C28H31N7O2.C10H12N4O.C6H5Br2NO.C4H6N2/c1-5-19-20(18-12-21(26(36)33(4)16-18)31-24-7-9-30-32-24)6-8-29-25(19)35-11-10-34-22(27(35)37)13-17-14-28(2,3)15-23(17)34;1-7-5-8(10(15)14(2)6-7)12-9-3-4-11-13-9;1-9-3-4(7)2-5(8)6(9)10;5-4-2-1-3-6-4/h6-9,12-13,16H,5,10-11,14-15H2,1-4H3,(H2,30,31,32);3-6H,1-2H3,(H2,11,12,13);2-3H,1H3;1-2H,3H2,(H2,5,6). The monoisotopic (exact) mass is 1050 g/mol. The van der Waals surface area contributed by atoms with Gasteiger partial charge >= 0.3 is 0 Å². The van der Waals surface area contributed by atoms with Gasteiger partial charge in [-0.25, -0.2) is 4.98 Å². The Hall–Kier alpha value is -7.06. The quantitative estimate of drug-likeness (QED) is 0.109. The van der Waals surface area contributed by atoms with Gasteiger partial charge in [0.1, 0.15) is 40.4 Å². The van der Waals surface area contributed by atoms with Gasteiger partial charge in [0, 0.05) is 92.4 Å². The summed E-state index contributed by atoms with van der Waals surface area (Å²) in [5.41, 5.74) is 13.4. The molecule has 0 fully saturated rings. The number of aromatic nitrogens is 9. The van der Waals surface area contributed by atoms with E-state index in [1.807, 2.05) is 42.3 Å². The molecule has 0 spiro atoms. The first-order valence-corrected chi connectivity index (χ1v) is 23.4. The number of hydrogen-bond acceptors (Lipinski definition) is 11. The zero-order valence-corrected chi connectivity index (χ0v) is 42.1. The van der Waals surface area contributed by atoms with Crippen LogP contribution in [-0.4, -0.2) is 68.5 Å². The Bertz CT molecular complexity index is 3170. The Labute approximate surface area is 409 Å². The van der Waals surface area contributed by atoms with Crippen LogP contribution in [0.5, 0.6) is 0 Å². The Morgan fingerprint density at radius 1 is 0.794 bits per heavy atom. The van der Waals surface area contributed by atoms with Crippen LogP contribution in [0, 0.1) is 12.3 Å². The Kier molecular flexibility index (Phi) is 15.0. The number of nitrogens with one attached hydrogen (secondary N) is 4. The molecule has 68 heavy (non-hydrogen) atoms. The van der Waals surface area contributed by atoms with Crippen molar-refractivity contribution in [1.29, 1.82) is 0 Å². The van der Waals surface area contributed by atoms with Gasteiger partial charge in [-0.05, 0) is 117 Å². The van der Waals surface area contributed by atoms with E-state index in [1.54, 1.807) is 85.5 Å². The summed E-state index contributed by atoms with van der Waals surface area (Å²) in [7, 11) is 5.17. The van der Waals surface area contributed by atoms with Crippen molar-refractivity contribution >= 4 is 72.4 Å². The summed E-state index contributed by atoms with van der Waals surface area (Å²) in [4.78, 5) is 59.6. The number of pyridine rings is 4. The number of hydrogen-bond donors (Lipinski definition) is 5. The molecular weight excluding hydrogens is 996 g/mol. The van der Waals surface area contributed by atoms with Crippen LogP contribution in [0.25, 0.3) is 11.1 Å². The number of carbonyl (C=O) groups is 1. The lowest BCUT2D eigenvalue weighted by molar-refractivity contribution is 0.0963. The maximum atomic E-state index is 13.7. The largest absolute Gasteiger partial charge is 0.384 e. The Morgan fingerprint density at radius 3 is 2.01 bits per heavy atom. The van der Waals surface area contributed by atoms with E-state index in [1.165, 1.54) is 15.8 Å². The van der Waals surface area contributed by atoms with Crippen LogP contribution in [-0.2, 0) is 47.0 Å². The molecule has 0 saturated carbocycles. The number of carbonyl (C=O) groups excluding carboxylic acids is 1. The van der Waals surface area contributed by atoms with E-state index in [0.717, 1.165) is 58.4 Å². The van der Waals surface area contributed by atoms with Crippen LogP contribution in [0.4, 0.5) is 28.8 Å². The van der Waals surface area contributed by atoms with E-state index in [2.05, 4.69) is 99.3 Å². The van der Waals surface area contributed by atoms with Gasteiger partial charge in [-0.1, -0.05) is 26.8 Å². The molecule has 354 valence electrons. The van der Waals surface area contributed by atoms with Gasteiger partial charge in [0.05, 0.1) is 23.4 Å². The first-order valence-electron chi connectivity index (χ1n) is 21.8. The fraction of sp³-hybridized carbons (Fsp3) is 0.292. The number of amides is 1. The van der Waals surface area contributed by atoms with E-state index in [0.29, 0.717) is 52.1 Å². The molecule has 0 radical (unpaired) electrons. The fourth-order valence-corrected chi connectivity index (χ4v) is 9.69. The van der Waals surface area contributed by atoms with Gasteiger partial charge in [0.15, 0.2) is 0 Å². The predicted octanol–water partition coefficient (Wildman–Crippen LogP) is 7.05. The van der Waals surface area contributed by atoms with Crippen LogP contribution in [0.3, 0.4) is 0 Å². The van der Waals surface area contributed by atoms with Gasteiger partial charge in [0.25, 0.3) is 22.6 Å². The first-order chi connectivity index (χ1) is 32.4. The maximum Gasteiger partial charge on any atom is 0.276 e. The van der Waals surface area contributed by atoms with Gasteiger partial charge < -0.3 is 34.6 Å². The van der Waals surface area contributed by atoms with Crippen molar-refractivity contribution in [3.8, 4) is 11.1 Å². The second kappa shape index (κ2) is 20.8. The molecule has 0 saturated heterocycles. The van der Waals surface area contributed by atoms with E-state index in [4.69, 9.17) is 10.7 Å². The summed E-state index contributed by atoms with van der Waals surface area (Å²) >= 11 is 6.39. The number of amidine groups is 1. The molecule has 10 rings (SSSR count). The topological polar surface area (TPSA) is 224 Å². The molecule has 9 heterocycles. The van der Waals surface area contributed by atoms with E-state index in [9.17, 15) is 19.2 Å². The third-order valence-electron chi connectivity index (χ3n) is 11.4. The highest BCUT2D eigenvalue weighted by Crippen LogP contribution is 2.40. The lowest BCUT2D eigenvalue weighted by Gasteiger charge is -2.31. The summed E-state index contributed by atoms with van der Waals surface area (Å²) in [5.74, 6) is 2.68. The molecule has 2 aliphatic heterocycles. The number of halogens is 2. The number of aryl methyl sites for hydroxylation is 4. The van der Waals surface area contributed by atoms with Crippen molar-refractivity contribution in [2.24, 2.45) is 37.3 Å². The molecule has 7 aromatic rings. The zero-order valence-electron chi connectivity index (χ0n) is 38.9. The van der Waals surface area contributed by atoms with Crippen molar-refractivity contribution in [1.82, 2.24) is 43.6 Å². The van der Waals surface area contributed by atoms with Crippen molar-refractivity contribution in [2.75, 3.05) is 28.6 Å². The Morgan fingerprint density at radius 2 is 1.44 bits per heavy atom. The molecule has 1 amide bonds. The minimum absolute atomic E-state index is 0.000122. The predicted molar refractivity (Wildman–Crippen MR) is 274 cm³/mol. The SMILES string of the molecule is CCc1c(-c2cc(Nc3ccn[nH]3)c(=O)n(C)c2)ccnc1N1CCn2c(cc3c2CC(C)(C)C3)C1=O.Cc1cc(Nc2ccn[nH]2)c(=O)n(C)c1.Cn1cc(Br)cc(Br)c1=O.NC1=NCC=C1. The molecule has 3 aliphatic rings. The maximum absolute atomic E-state index is 13.7. The van der Waals surface area contributed by atoms with Crippen LogP contribution in [0.1, 0.15) is 53.6 Å². The third-order valence-corrected chi connectivity index (χ3v) is 12.4. The number of aromatic amines is 2.